The van der Waals surface area contributed by atoms with Crippen LogP contribution in [-0.4, -0.2) is 20.3 Å². The number of nitrogens with one attached hydrogen (secondary N) is 1. The van der Waals surface area contributed by atoms with Crippen molar-refractivity contribution < 1.29 is 9.21 Å². The van der Waals surface area contributed by atoms with Gasteiger partial charge in [-0.05, 0) is 36.4 Å². The number of pyridine rings is 1. The molecule has 2 aromatic carbocycles. The molecule has 0 saturated carbocycles. The Morgan fingerprint density at radius 3 is 2.66 bits per heavy atom. The lowest BCUT2D eigenvalue weighted by Crippen LogP contribution is -2.12. The van der Waals surface area contributed by atoms with Crippen LogP contribution in [0.3, 0.4) is 0 Å². The summed E-state index contributed by atoms with van der Waals surface area (Å²) in [4.78, 5) is 21.2. The molecule has 1 N–H and O–H groups in total. The van der Waals surface area contributed by atoms with Gasteiger partial charge >= 0.3 is 0 Å². The largest absolute Gasteiger partial charge is 0.441 e. The van der Waals surface area contributed by atoms with Crippen molar-refractivity contribution in [2.24, 2.45) is 0 Å². The number of hydrogen-bond acceptors (Lipinski definition) is 4. The first kappa shape index (κ1) is 20.0. The number of fused-ring (bicyclic) bond motifs is 1. The third kappa shape index (κ3) is 4.26. The van der Waals surface area contributed by atoms with Gasteiger partial charge in [-0.2, -0.15) is 0 Å². The van der Waals surface area contributed by atoms with Gasteiger partial charge in [0.1, 0.15) is 5.65 Å². The van der Waals surface area contributed by atoms with Gasteiger partial charge in [0.15, 0.2) is 11.7 Å². The molecule has 32 heavy (non-hydrogen) atoms. The Balaban J connectivity index is 1.19. The molecule has 0 aliphatic carbocycles. The summed E-state index contributed by atoms with van der Waals surface area (Å²) in [5.41, 5.74) is 4.27. The maximum atomic E-state index is 12.4. The van der Waals surface area contributed by atoms with Crippen LogP contribution in [0, 0.1) is 0 Å². The van der Waals surface area contributed by atoms with E-state index < -0.39 is 0 Å². The minimum absolute atomic E-state index is 0.108. The second kappa shape index (κ2) is 8.69. The molecule has 5 rings (SSSR count). The molecule has 3 aromatic heterocycles. The zero-order valence-electron chi connectivity index (χ0n) is 17.0. The summed E-state index contributed by atoms with van der Waals surface area (Å²) in [6.45, 7) is 0. The summed E-state index contributed by atoms with van der Waals surface area (Å²) in [6, 6.07) is 20.9. The zero-order valence-corrected chi connectivity index (χ0v) is 17.8. The van der Waals surface area contributed by atoms with Gasteiger partial charge in [0.2, 0.25) is 5.91 Å². The first-order chi connectivity index (χ1) is 15.7. The Hall–Kier alpha value is -3.90. The van der Waals surface area contributed by atoms with E-state index in [0.717, 1.165) is 28.2 Å². The maximum Gasteiger partial charge on any atom is 0.224 e. The van der Waals surface area contributed by atoms with Crippen LogP contribution in [0.1, 0.15) is 12.3 Å². The van der Waals surface area contributed by atoms with E-state index in [0.29, 0.717) is 23.1 Å². The number of hydrogen-bond donors (Lipinski definition) is 1. The highest BCUT2D eigenvalue weighted by Crippen LogP contribution is 2.28. The lowest BCUT2D eigenvalue weighted by molar-refractivity contribution is -0.116. The number of benzene rings is 2. The first-order valence-electron chi connectivity index (χ1n) is 10.2. The number of nitrogens with zero attached hydrogens (tertiary/aromatic N) is 3. The van der Waals surface area contributed by atoms with E-state index in [4.69, 9.17) is 16.0 Å². The monoisotopic (exact) mass is 442 g/mol. The minimum atomic E-state index is -0.108. The van der Waals surface area contributed by atoms with Gasteiger partial charge in [-0.25, -0.2) is 9.97 Å². The predicted octanol–water partition coefficient (Wildman–Crippen LogP) is 5.88. The van der Waals surface area contributed by atoms with E-state index in [2.05, 4.69) is 15.3 Å². The Kier molecular flexibility index (Phi) is 5.44. The molecule has 0 radical (unpaired) electrons. The van der Waals surface area contributed by atoms with Crippen LogP contribution < -0.4 is 5.32 Å². The molecule has 0 spiro atoms. The number of anilines is 1. The zero-order chi connectivity index (χ0) is 21.9. The molecule has 0 saturated heterocycles. The van der Waals surface area contributed by atoms with Crippen molar-refractivity contribution in [3.05, 3.63) is 96.2 Å². The summed E-state index contributed by atoms with van der Waals surface area (Å²) in [6.07, 6.45) is 6.24. The van der Waals surface area contributed by atoms with Gasteiger partial charge in [0, 0.05) is 42.0 Å². The van der Waals surface area contributed by atoms with E-state index in [-0.39, 0.29) is 12.3 Å². The average molecular weight is 443 g/mol. The molecule has 7 heteroatoms. The van der Waals surface area contributed by atoms with Crippen LogP contribution in [0.5, 0.6) is 0 Å². The highest BCUT2D eigenvalue weighted by atomic mass is 35.5. The van der Waals surface area contributed by atoms with Crippen LogP contribution in [0.4, 0.5) is 5.69 Å². The topological polar surface area (TPSA) is 72.4 Å². The van der Waals surface area contributed by atoms with Crippen LogP contribution in [0.25, 0.3) is 28.2 Å². The van der Waals surface area contributed by atoms with Crippen LogP contribution >= 0.6 is 11.6 Å². The summed E-state index contributed by atoms with van der Waals surface area (Å²) < 4.78 is 7.73. The highest BCUT2D eigenvalue weighted by Gasteiger charge is 2.11. The van der Waals surface area contributed by atoms with E-state index in [1.165, 1.54) is 0 Å². The number of carbonyl (C=O) groups is 1. The van der Waals surface area contributed by atoms with Gasteiger partial charge in [0.05, 0.1) is 16.9 Å². The average Bonchev–Trinajstić information content (AvgIpc) is 3.46. The Labute approximate surface area is 189 Å². The molecule has 0 aliphatic rings. The molecular weight excluding hydrogens is 424 g/mol. The fraction of sp³-hybridized carbons (Fsp3) is 0.0800. The number of oxazole rings is 1. The van der Waals surface area contributed by atoms with Crippen LogP contribution in [-0.2, 0) is 11.2 Å². The number of aryl methyl sites for hydroxylation is 1. The fourth-order valence-electron chi connectivity index (χ4n) is 3.45. The van der Waals surface area contributed by atoms with Gasteiger partial charge in [-0.15, -0.1) is 0 Å². The van der Waals surface area contributed by atoms with Crippen molar-refractivity contribution >= 4 is 28.8 Å². The molecule has 0 bridgehead atoms. The fourth-order valence-corrected chi connectivity index (χ4v) is 3.68. The number of aromatic nitrogens is 3. The van der Waals surface area contributed by atoms with Crippen molar-refractivity contribution in [1.29, 1.82) is 0 Å². The maximum absolute atomic E-state index is 12.4. The van der Waals surface area contributed by atoms with Gasteiger partial charge in [0.25, 0.3) is 0 Å². The van der Waals surface area contributed by atoms with Crippen molar-refractivity contribution in [2.75, 3.05) is 5.32 Å². The molecule has 3 heterocycles. The van der Waals surface area contributed by atoms with Crippen LogP contribution in [0.2, 0.25) is 5.02 Å². The highest BCUT2D eigenvalue weighted by molar-refractivity contribution is 6.33. The van der Waals surface area contributed by atoms with Crippen molar-refractivity contribution in [1.82, 2.24) is 14.4 Å². The molecule has 5 aromatic rings. The molecule has 0 fully saturated rings. The second-order valence-electron chi connectivity index (χ2n) is 7.32. The molecule has 6 nitrogen and oxygen atoms in total. The van der Waals surface area contributed by atoms with Gasteiger partial charge in [-0.1, -0.05) is 41.9 Å². The molecule has 0 atom stereocenters. The Morgan fingerprint density at radius 1 is 1.03 bits per heavy atom. The van der Waals surface area contributed by atoms with E-state index in [1.54, 1.807) is 12.3 Å². The predicted molar refractivity (Wildman–Crippen MR) is 125 cm³/mol. The molecular formula is C25H19ClN4O2. The number of halogens is 1. The SMILES string of the molecule is O=C(CCc1ncc(-c2ccccc2Cl)o1)Nc1ccc(-c2cn3ccccc3n2)cc1. The molecule has 0 unspecified atom stereocenters. The number of carbonyl (C=O) groups excluding carboxylic acids is 1. The van der Waals surface area contributed by atoms with Crippen LogP contribution in [0.15, 0.2) is 89.7 Å². The Morgan fingerprint density at radius 2 is 1.84 bits per heavy atom. The number of amides is 1. The number of rotatable bonds is 6. The minimum Gasteiger partial charge on any atom is -0.441 e. The first-order valence-corrected chi connectivity index (χ1v) is 10.6. The quantitative estimate of drug-likeness (QED) is 0.356. The summed E-state index contributed by atoms with van der Waals surface area (Å²) in [5, 5.41) is 3.51. The van der Waals surface area contributed by atoms with Gasteiger partial charge in [-0.3, -0.25) is 4.79 Å². The molecule has 1 amide bonds. The Bertz CT molecular complexity index is 1360. The molecule has 0 aliphatic heterocycles. The third-order valence-electron chi connectivity index (χ3n) is 5.09. The van der Waals surface area contributed by atoms with E-state index >= 15 is 0 Å². The smallest absolute Gasteiger partial charge is 0.224 e. The standard InChI is InChI=1S/C25H19ClN4O2/c26-20-6-2-1-5-19(20)22-15-27-25(32-22)13-12-24(31)28-18-10-8-17(9-11-18)21-16-30-14-4-3-7-23(30)29-21/h1-11,14-16H,12-13H2,(H,28,31). The third-order valence-corrected chi connectivity index (χ3v) is 5.42. The van der Waals surface area contributed by atoms with E-state index in [9.17, 15) is 4.79 Å². The van der Waals surface area contributed by atoms with E-state index in [1.807, 2.05) is 77.5 Å². The second-order valence-corrected chi connectivity index (χ2v) is 7.72. The van der Waals surface area contributed by atoms with Crippen molar-refractivity contribution in [3.8, 4) is 22.6 Å². The summed E-state index contributed by atoms with van der Waals surface area (Å²) in [7, 11) is 0. The lowest BCUT2D eigenvalue weighted by Gasteiger charge is -2.05. The molecule has 158 valence electrons. The van der Waals surface area contributed by atoms with Gasteiger partial charge < -0.3 is 14.1 Å². The summed E-state index contributed by atoms with van der Waals surface area (Å²) >= 11 is 6.20. The van der Waals surface area contributed by atoms with Crippen molar-refractivity contribution in [2.45, 2.75) is 12.8 Å². The van der Waals surface area contributed by atoms with Crippen molar-refractivity contribution in [3.63, 3.8) is 0 Å². The number of imidazole rings is 1. The normalized spacial score (nSPS) is 11.0. The summed E-state index contributed by atoms with van der Waals surface area (Å²) in [5.74, 6) is 0.980. The lowest BCUT2D eigenvalue weighted by atomic mass is 10.1.